The molecule has 3 heterocycles. The first-order chi connectivity index (χ1) is 13.8. The molecule has 0 spiro atoms. The van der Waals surface area contributed by atoms with Gasteiger partial charge in [0.05, 0.1) is 5.39 Å². The Hall–Kier alpha value is -1.90. The van der Waals surface area contributed by atoms with Crippen LogP contribution in [0.4, 0.5) is 19.0 Å². The smallest absolute Gasteiger partial charge is 0.354 e. The van der Waals surface area contributed by atoms with Crippen molar-refractivity contribution in [3.05, 3.63) is 16.3 Å². The van der Waals surface area contributed by atoms with E-state index in [2.05, 4.69) is 9.97 Å². The molecule has 0 unspecified atom stereocenters. The van der Waals surface area contributed by atoms with Gasteiger partial charge >= 0.3 is 6.18 Å². The Kier molecular flexibility index (Phi) is 5.44. The molecule has 9 heteroatoms. The Morgan fingerprint density at radius 1 is 1.03 bits per heavy atom. The third-order valence-corrected chi connectivity index (χ3v) is 7.18. The van der Waals surface area contributed by atoms with Crippen LogP contribution in [-0.2, 0) is 11.0 Å². The molecule has 0 radical (unpaired) electrons. The number of aryl methyl sites for hydroxylation is 2. The van der Waals surface area contributed by atoms with E-state index in [0.717, 1.165) is 36.1 Å². The SMILES string of the molecule is Cc1sc2nc(C(F)(F)F)nc(N3CCCN(C(=O)C4CCCC4)CC3)c2c1C. The summed E-state index contributed by atoms with van der Waals surface area (Å²) in [4.78, 5) is 25.7. The summed E-state index contributed by atoms with van der Waals surface area (Å²) in [6.45, 7) is 6.02. The molecule has 0 N–H and O–H groups in total. The van der Waals surface area contributed by atoms with Crippen molar-refractivity contribution in [1.29, 1.82) is 0 Å². The summed E-state index contributed by atoms with van der Waals surface area (Å²) >= 11 is 1.27. The monoisotopic (exact) mass is 426 g/mol. The number of halogens is 3. The Morgan fingerprint density at radius 2 is 1.76 bits per heavy atom. The van der Waals surface area contributed by atoms with Gasteiger partial charge in [0.25, 0.3) is 0 Å². The van der Waals surface area contributed by atoms with Gasteiger partial charge in [-0.1, -0.05) is 12.8 Å². The number of thiophene rings is 1. The zero-order chi connectivity index (χ0) is 20.8. The molecular formula is C20H25F3N4OS. The average Bonchev–Trinajstić information content (AvgIpc) is 3.22. The van der Waals surface area contributed by atoms with E-state index in [-0.39, 0.29) is 11.8 Å². The Morgan fingerprint density at radius 3 is 2.45 bits per heavy atom. The van der Waals surface area contributed by atoms with Gasteiger partial charge in [0.2, 0.25) is 11.7 Å². The summed E-state index contributed by atoms with van der Waals surface area (Å²) in [5, 5.41) is 0.705. The van der Waals surface area contributed by atoms with E-state index in [0.29, 0.717) is 48.6 Å². The minimum Gasteiger partial charge on any atom is -0.354 e. The van der Waals surface area contributed by atoms with Crippen molar-refractivity contribution in [2.75, 3.05) is 31.1 Å². The van der Waals surface area contributed by atoms with Crippen LogP contribution in [0.5, 0.6) is 0 Å². The van der Waals surface area contributed by atoms with Crippen LogP contribution in [0.1, 0.15) is 48.4 Å². The van der Waals surface area contributed by atoms with Crippen molar-refractivity contribution in [1.82, 2.24) is 14.9 Å². The van der Waals surface area contributed by atoms with Crippen molar-refractivity contribution in [2.45, 2.75) is 52.1 Å². The lowest BCUT2D eigenvalue weighted by Crippen LogP contribution is -2.38. The first kappa shape index (κ1) is 20.4. The highest BCUT2D eigenvalue weighted by Crippen LogP contribution is 2.38. The van der Waals surface area contributed by atoms with E-state index in [1.54, 1.807) is 0 Å². The highest BCUT2D eigenvalue weighted by molar-refractivity contribution is 7.18. The maximum atomic E-state index is 13.4. The fourth-order valence-electron chi connectivity index (χ4n) is 4.36. The molecule has 158 valence electrons. The van der Waals surface area contributed by atoms with Gasteiger partial charge in [-0.25, -0.2) is 9.97 Å². The van der Waals surface area contributed by atoms with E-state index in [4.69, 9.17) is 0 Å². The Bertz CT molecular complexity index is 921. The first-order valence-electron chi connectivity index (χ1n) is 10.1. The van der Waals surface area contributed by atoms with Crippen LogP contribution >= 0.6 is 11.3 Å². The molecular weight excluding hydrogens is 401 g/mol. The van der Waals surface area contributed by atoms with Crippen molar-refractivity contribution < 1.29 is 18.0 Å². The Balaban J connectivity index is 1.64. The van der Waals surface area contributed by atoms with E-state index in [1.165, 1.54) is 11.3 Å². The number of hydrogen-bond donors (Lipinski definition) is 0. The summed E-state index contributed by atoms with van der Waals surface area (Å²) in [7, 11) is 0. The second kappa shape index (κ2) is 7.74. The number of carbonyl (C=O) groups is 1. The van der Waals surface area contributed by atoms with Gasteiger partial charge in [-0.05, 0) is 38.7 Å². The molecule has 5 nitrogen and oxygen atoms in total. The lowest BCUT2D eigenvalue weighted by atomic mass is 10.1. The van der Waals surface area contributed by atoms with E-state index in [9.17, 15) is 18.0 Å². The van der Waals surface area contributed by atoms with Gasteiger partial charge < -0.3 is 9.80 Å². The highest BCUT2D eigenvalue weighted by atomic mass is 32.1. The average molecular weight is 427 g/mol. The predicted octanol–water partition coefficient (Wildman–Crippen LogP) is 4.56. The molecule has 1 saturated carbocycles. The quantitative estimate of drug-likeness (QED) is 0.707. The maximum Gasteiger partial charge on any atom is 0.451 e. The number of anilines is 1. The minimum absolute atomic E-state index is 0.117. The number of carbonyl (C=O) groups excluding carboxylic acids is 1. The number of fused-ring (bicyclic) bond motifs is 1. The molecule has 2 aromatic heterocycles. The lowest BCUT2D eigenvalue weighted by Gasteiger charge is -2.25. The van der Waals surface area contributed by atoms with Crippen LogP contribution in [0.15, 0.2) is 0 Å². The lowest BCUT2D eigenvalue weighted by molar-refractivity contribution is -0.144. The molecule has 1 amide bonds. The molecule has 1 saturated heterocycles. The van der Waals surface area contributed by atoms with Gasteiger partial charge in [-0.2, -0.15) is 13.2 Å². The highest BCUT2D eigenvalue weighted by Gasteiger charge is 2.37. The molecule has 29 heavy (non-hydrogen) atoms. The predicted molar refractivity (Wildman–Crippen MR) is 107 cm³/mol. The van der Waals surface area contributed by atoms with Gasteiger partial charge in [-0.15, -0.1) is 11.3 Å². The zero-order valence-corrected chi connectivity index (χ0v) is 17.5. The maximum absolute atomic E-state index is 13.4. The molecule has 1 aliphatic carbocycles. The zero-order valence-electron chi connectivity index (χ0n) is 16.7. The molecule has 4 rings (SSSR count). The molecule has 0 atom stereocenters. The fraction of sp³-hybridized carbons (Fsp3) is 0.650. The van der Waals surface area contributed by atoms with Crippen molar-refractivity contribution in [2.24, 2.45) is 5.92 Å². The summed E-state index contributed by atoms with van der Waals surface area (Å²) in [5.74, 6) is -0.426. The second-order valence-corrected chi connectivity index (χ2v) is 9.18. The van der Waals surface area contributed by atoms with Crippen LogP contribution in [0.25, 0.3) is 10.2 Å². The van der Waals surface area contributed by atoms with E-state index in [1.807, 2.05) is 23.6 Å². The first-order valence-corrected chi connectivity index (χ1v) is 11.0. The van der Waals surface area contributed by atoms with Crippen LogP contribution in [0.2, 0.25) is 0 Å². The summed E-state index contributed by atoms with van der Waals surface area (Å²) in [6.07, 6.45) is 0.235. The van der Waals surface area contributed by atoms with Gasteiger partial charge in [-0.3, -0.25) is 4.79 Å². The topological polar surface area (TPSA) is 49.3 Å². The molecule has 0 bridgehead atoms. The second-order valence-electron chi connectivity index (χ2n) is 7.98. The number of alkyl halides is 3. The summed E-state index contributed by atoms with van der Waals surface area (Å²) < 4.78 is 40.2. The number of aromatic nitrogens is 2. The van der Waals surface area contributed by atoms with Crippen LogP contribution < -0.4 is 4.90 Å². The van der Waals surface area contributed by atoms with Gasteiger partial charge in [0.1, 0.15) is 10.6 Å². The third-order valence-electron chi connectivity index (χ3n) is 6.07. The number of rotatable bonds is 2. The molecule has 2 aliphatic rings. The van der Waals surface area contributed by atoms with Gasteiger partial charge in [0.15, 0.2) is 0 Å². The largest absolute Gasteiger partial charge is 0.451 e. The van der Waals surface area contributed by atoms with Gasteiger partial charge in [0, 0.05) is 37.0 Å². The minimum atomic E-state index is -4.59. The number of hydrogen-bond acceptors (Lipinski definition) is 5. The normalized spacial score (nSPS) is 19.2. The molecule has 0 aromatic carbocycles. The molecule has 2 fully saturated rings. The fourth-order valence-corrected chi connectivity index (χ4v) is 5.39. The Labute approximate surface area is 171 Å². The standard InChI is InChI=1S/C20H25F3N4OS/c1-12-13(2)29-17-15(12)16(24-19(25-17)20(21,22)23)26-8-5-9-27(11-10-26)18(28)14-6-3-4-7-14/h14H,3-11H2,1-2H3. The molecule has 1 aliphatic heterocycles. The van der Waals surface area contributed by atoms with Crippen molar-refractivity contribution >= 4 is 33.3 Å². The number of amides is 1. The molecule has 2 aromatic rings. The van der Waals surface area contributed by atoms with Crippen LogP contribution in [0.3, 0.4) is 0 Å². The van der Waals surface area contributed by atoms with E-state index >= 15 is 0 Å². The van der Waals surface area contributed by atoms with Crippen molar-refractivity contribution in [3.8, 4) is 0 Å². The van der Waals surface area contributed by atoms with E-state index < -0.39 is 12.0 Å². The number of nitrogens with zero attached hydrogens (tertiary/aromatic N) is 4. The summed E-state index contributed by atoms with van der Waals surface area (Å²) in [5.41, 5.74) is 0.928. The third kappa shape index (κ3) is 3.93. The van der Waals surface area contributed by atoms with Crippen LogP contribution in [-0.4, -0.2) is 47.0 Å². The van der Waals surface area contributed by atoms with Crippen LogP contribution in [0, 0.1) is 19.8 Å². The summed E-state index contributed by atoms with van der Waals surface area (Å²) in [6, 6.07) is 0. The van der Waals surface area contributed by atoms with Crippen molar-refractivity contribution in [3.63, 3.8) is 0 Å².